The Hall–Kier alpha value is -1.57. The van der Waals surface area contributed by atoms with Crippen LogP contribution in [0.3, 0.4) is 0 Å². The van der Waals surface area contributed by atoms with Gasteiger partial charge in [-0.3, -0.25) is 9.47 Å². The van der Waals surface area contributed by atoms with Crippen LogP contribution in [0.5, 0.6) is 5.75 Å². The predicted octanol–water partition coefficient (Wildman–Crippen LogP) is 4.11. The molecule has 1 saturated heterocycles. The summed E-state index contributed by atoms with van der Waals surface area (Å²) in [7, 11) is 0. The van der Waals surface area contributed by atoms with Crippen molar-refractivity contribution in [1.82, 2.24) is 4.68 Å². The summed E-state index contributed by atoms with van der Waals surface area (Å²) >= 11 is 9.93. The van der Waals surface area contributed by atoms with Crippen molar-refractivity contribution in [2.24, 2.45) is 0 Å². The number of hydrogen-bond acceptors (Lipinski definition) is 4. The highest BCUT2D eigenvalue weighted by molar-refractivity contribution is 9.10. The third kappa shape index (κ3) is 2.96. The molecule has 0 saturated carbocycles. The van der Waals surface area contributed by atoms with Gasteiger partial charge in [0.25, 0.3) is 5.91 Å². The lowest BCUT2D eigenvalue weighted by atomic mass is 10.2. The second-order valence-electron chi connectivity index (χ2n) is 5.13. The van der Waals surface area contributed by atoms with Crippen LogP contribution in [0.2, 0.25) is 0 Å². The molecule has 1 aromatic heterocycles. The highest BCUT2D eigenvalue weighted by Crippen LogP contribution is 2.34. The molecule has 118 valence electrons. The standard InChI is InChI=1S/C16H13BrN2O2S2/c1-9-3-4-10(2)18(9)19-15(21)14(23-16(19)22)8-11-5-6-13(20)12(17)7-11/h3-8,20H,1-2H3/b14-8+. The van der Waals surface area contributed by atoms with Gasteiger partial charge in [0.15, 0.2) is 4.32 Å². The molecule has 2 heterocycles. The minimum atomic E-state index is -0.147. The number of carbonyl (C=O) groups is 1. The zero-order valence-corrected chi connectivity index (χ0v) is 15.6. The highest BCUT2D eigenvalue weighted by atomic mass is 79.9. The van der Waals surface area contributed by atoms with Gasteiger partial charge >= 0.3 is 0 Å². The number of thiocarbonyl (C=S) groups is 1. The number of aryl methyl sites for hydroxylation is 2. The number of benzene rings is 1. The molecule has 0 atom stereocenters. The van der Waals surface area contributed by atoms with Gasteiger partial charge in [0, 0.05) is 11.4 Å². The average Bonchev–Trinajstić information content (AvgIpc) is 2.95. The topological polar surface area (TPSA) is 45.5 Å². The summed E-state index contributed by atoms with van der Waals surface area (Å²) in [5.74, 6) is 0.0138. The van der Waals surface area contributed by atoms with E-state index < -0.39 is 0 Å². The summed E-state index contributed by atoms with van der Waals surface area (Å²) in [5, 5.41) is 11.1. The van der Waals surface area contributed by atoms with E-state index in [1.54, 1.807) is 24.3 Å². The quantitative estimate of drug-likeness (QED) is 0.599. The highest BCUT2D eigenvalue weighted by Gasteiger charge is 2.34. The molecule has 1 fully saturated rings. The molecule has 7 heteroatoms. The van der Waals surface area contributed by atoms with Gasteiger partial charge in [0.1, 0.15) is 5.75 Å². The van der Waals surface area contributed by atoms with Crippen molar-refractivity contribution in [2.45, 2.75) is 13.8 Å². The largest absolute Gasteiger partial charge is 0.507 e. The Morgan fingerprint density at radius 2 is 1.87 bits per heavy atom. The fraction of sp³-hybridized carbons (Fsp3) is 0.125. The van der Waals surface area contributed by atoms with Gasteiger partial charge in [-0.05, 0) is 77.9 Å². The number of rotatable bonds is 2. The number of halogens is 1. The van der Waals surface area contributed by atoms with E-state index in [1.807, 2.05) is 30.7 Å². The molecule has 2 aromatic rings. The van der Waals surface area contributed by atoms with Crippen molar-refractivity contribution in [3.63, 3.8) is 0 Å². The molecule has 0 aliphatic carbocycles. The molecule has 0 radical (unpaired) electrons. The van der Waals surface area contributed by atoms with Gasteiger partial charge < -0.3 is 5.11 Å². The van der Waals surface area contributed by atoms with Crippen molar-refractivity contribution in [1.29, 1.82) is 0 Å². The number of nitrogens with zero attached hydrogens (tertiary/aromatic N) is 2. The second-order valence-corrected chi connectivity index (χ2v) is 7.66. The van der Waals surface area contributed by atoms with E-state index in [4.69, 9.17) is 12.2 Å². The lowest BCUT2D eigenvalue weighted by molar-refractivity contribution is -0.114. The zero-order valence-electron chi connectivity index (χ0n) is 12.4. The molecule has 1 aliphatic heterocycles. The lowest BCUT2D eigenvalue weighted by Gasteiger charge is -2.20. The Bertz CT molecular complexity index is 838. The van der Waals surface area contributed by atoms with Gasteiger partial charge in [-0.2, -0.15) is 5.01 Å². The Morgan fingerprint density at radius 1 is 1.22 bits per heavy atom. The first-order chi connectivity index (χ1) is 10.9. The molecule has 0 bridgehead atoms. The third-order valence-corrected chi connectivity index (χ3v) is 5.39. The molecular weight excluding hydrogens is 396 g/mol. The van der Waals surface area contributed by atoms with Crippen LogP contribution in [-0.2, 0) is 4.79 Å². The number of aromatic nitrogens is 1. The van der Waals surface area contributed by atoms with Crippen LogP contribution in [0.25, 0.3) is 6.08 Å². The van der Waals surface area contributed by atoms with Gasteiger partial charge in [0.05, 0.1) is 9.38 Å². The summed E-state index contributed by atoms with van der Waals surface area (Å²) in [6, 6.07) is 8.99. The van der Waals surface area contributed by atoms with Crippen LogP contribution in [-0.4, -0.2) is 20.0 Å². The number of phenolic OH excluding ortho intramolecular Hbond substituents is 1. The third-order valence-electron chi connectivity index (χ3n) is 3.48. The average molecular weight is 409 g/mol. The smallest absolute Gasteiger partial charge is 0.285 e. The molecule has 3 rings (SSSR count). The summed E-state index contributed by atoms with van der Waals surface area (Å²) in [6.07, 6.45) is 1.78. The van der Waals surface area contributed by atoms with Crippen molar-refractivity contribution in [3.8, 4) is 5.75 Å². The number of aromatic hydroxyl groups is 1. The van der Waals surface area contributed by atoms with E-state index in [0.29, 0.717) is 13.7 Å². The van der Waals surface area contributed by atoms with E-state index in [9.17, 15) is 9.90 Å². The van der Waals surface area contributed by atoms with Crippen molar-refractivity contribution >= 4 is 56.2 Å². The summed E-state index contributed by atoms with van der Waals surface area (Å²) in [4.78, 5) is 13.3. The van der Waals surface area contributed by atoms with Gasteiger partial charge in [-0.15, -0.1) is 0 Å². The Balaban J connectivity index is 1.98. The molecule has 1 N–H and O–H groups in total. The Morgan fingerprint density at radius 3 is 2.48 bits per heavy atom. The van der Waals surface area contributed by atoms with Gasteiger partial charge in [0.2, 0.25) is 0 Å². The van der Waals surface area contributed by atoms with Crippen molar-refractivity contribution in [3.05, 3.63) is 56.7 Å². The van der Waals surface area contributed by atoms with E-state index in [1.165, 1.54) is 16.8 Å². The van der Waals surface area contributed by atoms with Crippen LogP contribution in [0.4, 0.5) is 0 Å². The number of phenols is 1. The SMILES string of the molecule is Cc1ccc(C)n1N1C(=O)/C(=C\c2ccc(O)c(Br)c2)SC1=S. The maximum absolute atomic E-state index is 12.7. The molecule has 0 spiro atoms. The predicted molar refractivity (Wildman–Crippen MR) is 101 cm³/mol. The molecule has 23 heavy (non-hydrogen) atoms. The normalized spacial score (nSPS) is 16.7. The van der Waals surface area contributed by atoms with Crippen LogP contribution in [0.15, 0.2) is 39.7 Å². The number of carbonyl (C=O) groups excluding carboxylic acids is 1. The lowest BCUT2D eigenvalue weighted by Crippen LogP contribution is -2.39. The van der Waals surface area contributed by atoms with E-state index >= 15 is 0 Å². The van der Waals surface area contributed by atoms with Crippen LogP contribution in [0.1, 0.15) is 17.0 Å². The monoisotopic (exact) mass is 408 g/mol. The summed E-state index contributed by atoms with van der Waals surface area (Å²) in [6.45, 7) is 3.87. The summed E-state index contributed by atoms with van der Waals surface area (Å²) < 4.78 is 2.91. The Labute approximate surface area is 151 Å². The molecule has 1 aromatic carbocycles. The second kappa shape index (κ2) is 6.14. The fourth-order valence-electron chi connectivity index (χ4n) is 2.37. The first-order valence-corrected chi connectivity index (χ1v) is 8.82. The Kier molecular flexibility index (Phi) is 4.35. The van der Waals surface area contributed by atoms with Crippen LogP contribution in [0, 0.1) is 13.8 Å². The number of amides is 1. The van der Waals surface area contributed by atoms with Crippen LogP contribution < -0.4 is 5.01 Å². The molecule has 1 aliphatic rings. The van der Waals surface area contributed by atoms with Crippen molar-refractivity contribution in [2.75, 3.05) is 5.01 Å². The first kappa shape index (κ1) is 16.3. The van der Waals surface area contributed by atoms with E-state index in [-0.39, 0.29) is 11.7 Å². The zero-order chi connectivity index (χ0) is 16.7. The fourth-order valence-corrected chi connectivity index (χ4v) is 4.01. The maximum Gasteiger partial charge on any atom is 0.285 e. The van der Waals surface area contributed by atoms with Crippen molar-refractivity contribution < 1.29 is 9.90 Å². The minimum Gasteiger partial charge on any atom is -0.507 e. The first-order valence-electron chi connectivity index (χ1n) is 6.80. The van der Waals surface area contributed by atoms with E-state index in [2.05, 4.69) is 15.9 Å². The number of thioether (sulfide) groups is 1. The molecule has 0 unspecified atom stereocenters. The summed E-state index contributed by atoms with van der Waals surface area (Å²) in [5.41, 5.74) is 2.72. The minimum absolute atomic E-state index is 0.147. The van der Waals surface area contributed by atoms with Gasteiger partial charge in [-0.25, -0.2) is 0 Å². The molecular formula is C16H13BrN2O2S2. The maximum atomic E-state index is 12.7. The number of hydrogen-bond donors (Lipinski definition) is 1. The molecule has 1 amide bonds. The van der Waals surface area contributed by atoms with Crippen LogP contribution >= 0.6 is 39.9 Å². The van der Waals surface area contributed by atoms with Gasteiger partial charge in [-0.1, -0.05) is 17.8 Å². The van der Waals surface area contributed by atoms with E-state index in [0.717, 1.165) is 17.0 Å². The molecule has 4 nitrogen and oxygen atoms in total.